The smallest absolute Gasteiger partial charge is 0.217 e. The van der Waals surface area contributed by atoms with E-state index < -0.39 is 5.60 Å². The molecule has 7 nitrogen and oxygen atoms in total. The normalized spacial score (nSPS) is 24.0. The molecule has 2 fully saturated rings. The Morgan fingerprint density at radius 2 is 2.03 bits per heavy atom. The van der Waals surface area contributed by atoms with E-state index in [-0.39, 0.29) is 18.1 Å². The van der Waals surface area contributed by atoms with Gasteiger partial charge in [0.1, 0.15) is 22.7 Å². The van der Waals surface area contributed by atoms with Crippen molar-refractivity contribution in [1.29, 1.82) is 0 Å². The first kappa shape index (κ1) is 22.7. The van der Waals surface area contributed by atoms with Crippen LogP contribution in [0.2, 0.25) is 5.02 Å². The number of β-amino-alcohol motifs (C(OH)–C–C–N with tert-alkyl or cyclic N) is 1. The second kappa shape index (κ2) is 9.16. The van der Waals surface area contributed by atoms with Crippen molar-refractivity contribution in [3.8, 4) is 5.75 Å². The van der Waals surface area contributed by atoms with Crippen LogP contribution in [0.25, 0.3) is 0 Å². The summed E-state index contributed by atoms with van der Waals surface area (Å²) in [6.07, 6.45) is 3.45. The minimum Gasteiger partial charge on any atom is -0.489 e. The maximum atomic E-state index is 11.3. The Balaban J connectivity index is 1.39. The van der Waals surface area contributed by atoms with E-state index in [0.717, 1.165) is 48.9 Å². The van der Waals surface area contributed by atoms with Crippen LogP contribution in [0.5, 0.6) is 5.75 Å². The molecule has 2 aliphatic rings. The van der Waals surface area contributed by atoms with Crippen LogP contribution in [0, 0.1) is 0 Å². The van der Waals surface area contributed by atoms with Gasteiger partial charge >= 0.3 is 0 Å². The zero-order chi connectivity index (χ0) is 22.9. The summed E-state index contributed by atoms with van der Waals surface area (Å²) in [4.78, 5) is 20.0. The molecule has 0 aliphatic carbocycles. The molecule has 2 N–H and O–H groups in total. The van der Waals surface area contributed by atoms with Crippen molar-refractivity contribution in [3.63, 3.8) is 0 Å². The third-order valence-electron chi connectivity index (χ3n) is 6.19. The molecule has 2 aromatic rings. The molecule has 172 valence electrons. The summed E-state index contributed by atoms with van der Waals surface area (Å²) in [5.41, 5.74) is 1.29. The molecule has 0 radical (unpaired) electrons. The maximum Gasteiger partial charge on any atom is 0.217 e. The van der Waals surface area contributed by atoms with Gasteiger partial charge in [0.15, 0.2) is 0 Å². The highest BCUT2D eigenvalue weighted by Crippen LogP contribution is 2.37. The van der Waals surface area contributed by atoms with Crippen LogP contribution in [0.3, 0.4) is 0 Å². The maximum absolute atomic E-state index is 11.3. The standard InChI is InChI=1S/C24H31ClN4O3/c1-16(27-17(2)30)18-4-6-19(7-5-18)32-20-9-12-28(14-20)21-8-11-26-23(22(21)25)29-13-10-24(3,31)15-29/h4-8,11,16,20,31H,9-10,12-15H2,1-3H3,(H,27,30)/t16-,20+,24?/m0/s1. The fraction of sp³-hybridized carbons (Fsp3) is 0.500. The van der Waals surface area contributed by atoms with Gasteiger partial charge in [-0.05, 0) is 44.0 Å². The van der Waals surface area contributed by atoms with Crippen molar-refractivity contribution < 1.29 is 14.6 Å². The molecule has 3 atom stereocenters. The van der Waals surface area contributed by atoms with Crippen LogP contribution in [0.1, 0.15) is 45.2 Å². The monoisotopic (exact) mass is 458 g/mol. The highest BCUT2D eigenvalue weighted by atomic mass is 35.5. The van der Waals surface area contributed by atoms with E-state index in [1.807, 2.05) is 44.2 Å². The second-order valence-corrected chi connectivity index (χ2v) is 9.48. The fourth-order valence-electron chi connectivity index (χ4n) is 4.47. The van der Waals surface area contributed by atoms with E-state index >= 15 is 0 Å². The first-order valence-corrected chi connectivity index (χ1v) is 11.5. The number of carbonyl (C=O) groups excluding carboxylic acids is 1. The Kier molecular flexibility index (Phi) is 6.49. The van der Waals surface area contributed by atoms with Gasteiger partial charge in [0.25, 0.3) is 0 Å². The van der Waals surface area contributed by atoms with E-state index in [9.17, 15) is 9.90 Å². The Hall–Kier alpha value is -2.51. The zero-order valence-electron chi connectivity index (χ0n) is 18.8. The molecule has 2 saturated heterocycles. The van der Waals surface area contributed by atoms with Crippen LogP contribution in [0.4, 0.5) is 11.5 Å². The molecule has 1 aromatic carbocycles. The van der Waals surface area contributed by atoms with Gasteiger partial charge in [-0.3, -0.25) is 4.79 Å². The van der Waals surface area contributed by atoms with Crippen molar-refractivity contribution in [2.24, 2.45) is 0 Å². The number of amides is 1. The minimum atomic E-state index is -0.705. The number of anilines is 2. The summed E-state index contributed by atoms with van der Waals surface area (Å²) in [6.45, 7) is 8.19. The average molecular weight is 459 g/mol. The molecule has 1 aromatic heterocycles. The van der Waals surface area contributed by atoms with Crippen LogP contribution in [-0.2, 0) is 4.79 Å². The van der Waals surface area contributed by atoms with Gasteiger partial charge in [0.05, 0.1) is 23.9 Å². The van der Waals surface area contributed by atoms with Crippen molar-refractivity contribution in [3.05, 3.63) is 47.1 Å². The Labute approximate surface area is 194 Å². The number of aliphatic hydroxyl groups is 1. The van der Waals surface area contributed by atoms with Crippen LogP contribution in [-0.4, -0.2) is 53.9 Å². The molecule has 3 heterocycles. The summed E-state index contributed by atoms with van der Waals surface area (Å²) in [6, 6.07) is 9.78. The van der Waals surface area contributed by atoms with Crippen LogP contribution in [0.15, 0.2) is 36.5 Å². The van der Waals surface area contributed by atoms with Gasteiger partial charge in [-0.2, -0.15) is 0 Å². The molecule has 1 unspecified atom stereocenters. The molecule has 0 saturated carbocycles. The van der Waals surface area contributed by atoms with E-state index in [1.54, 1.807) is 6.20 Å². The number of nitrogens with zero attached hydrogens (tertiary/aromatic N) is 3. The number of pyridine rings is 1. The van der Waals surface area contributed by atoms with Gasteiger partial charge in [-0.25, -0.2) is 4.98 Å². The van der Waals surface area contributed by atoms with E-state index in [0.29, 0.717) is 18.0 Å². The van der Waals surface area contributed by atoms with E-state index in [1.165, 1.54) is 6.92 Å². The summed E-state index contributed by atoms with van der Waals surface area (Å²) < 4.78 is 6.21. The zero-order valence-corrected chi connectivity index (χ0v) is 19.6. The second-order valence-electron chi connectivity index (χ2n) is 9.10. The summed E-state index contributed by atoms with van der Waals surface area (Å²) in [7, 11) is 0. The van der Waals surface area contributed by atoms with Crippen LogP contribution < -0.4 is 19.9 Å². The summed E-state index contributed by atoms with van der Waals surface area (Å²) in [5, 5.41) is 13.8. The lowest BCUT2D eigenvalue weighted by Gasteiger charge is -2.25. The Morgan fingerprint density at radius 3 is 2.69 bits per heavy atom. The summed E-state index contributed by atoms with van der Waals surface area (Å²) in [5.74, 6) is 1.50. The number of halogens is 1. The van der Waals surface area contributed by atoms with Crippen LogP contribution >= 0.6 is 11.6 Å². The van der Waals surface area contributed by atoms with Gasteiger partial charge in [0, 0.05) is 39.2 Å². The third-order valence-corrected chi connectivity index (χ3v) is 6.55. The minimum absolute atomic E-state index is 0.0362. The number of ether oxygens (including phenoxy) is 1. The predicted octanol–water partition coefficient (Wildman–Crippen LogP) is 3.55. The lowest BCUT2D eigenvalue weighted by molar-refractivity contribution is -0.119. The largest absolute Gasteiger partial charge is 0.489 e. The van der Waals surface area contributed by atoms with Crippen molar-refractivity contribution in [2.75, 3.05) is 36.0 Å². The number of aromatic nitrogens is 1. The van der Waals surface area contributed by atoms with Gasteiger partial charge in [-0.15, -0.1) is 0 Å². The van der Waals surface area contributed by atoms with Gasteiger partial charge < -0.3 is 25.0 Å². The van der Waals surface area contributed by atoms with Gasteiger partial charge in [0.2, 0.25) is 5.91 Å². The van der Waals surface area contributed by atoms with Crippen molar-refractivity contribution >= 4 is 29.0 Å². The molecule has 2 aliphatic heterocycles. The fourth-order valence-corrected chi connectivity index (χ4v) is 4.82. The Morgan fingerprint density at radius 1 is 1.28 bits per heavy atom. The molecule has 1 amide bonds. The molecule has 8 heteroatoms. The molecule has 4 rings (SSSR count). The average Bonchev–Trinajstić information content (AvgIpc) is 3.34. The Bertz CT molecular complexity index is 966. The lowest BCUT2D eigenvalue weighted by atomic mass is 10.1. The highest BCUT2D eigenvalue weighted by Gasteiger charge is 2.34. The number of benzene rings is 1. The lowest BCUT2D eigenvalue weighted by Crippen LogP contribution is -2.30. The molecular formula is C24H31ClN4O3. The number of rotatable bonds is 6. The van der Waals surface area contributed by atoms with Crippen molar-refractivity contribution in [2.45, 2.75) is 51.4 Å². The topological polar surface area (TPSA) is 77.9 Å². The van der Waals surface area contributed by atoms with Crippen molar-refractivity contribution in [1.82, 2.24) is 10.3 Å². The van der Waals surface area contributed by atoms with E-state index in [4.69, 9.17) is 16.3 Å². The highest BCUT2D eigenvalue weighted by molar-refractivity contribution is 6.35. The first-order chi connectivity index (χ1) is 15.2. The molecule has 0 spiro atoms. The number of nitrogens with one attached hydrogen (secondary N) is 1. The first-order valence-electron chi connectivity index (χ1n) is 11.1. The SMILES string of the molecule is CC(=O)N[C@@H](C)c1ccc(O[C@@H]2CCN(c3ccnc(N4CCC(C)(O)C4)c3Cl)C2)cc1. The molecule has 32 heavy (non-hydrogen) atoms. The summed E-state index contributed by atoms with van der Waals surface area (Å²) >= 11 is 6.75. The predicted molar refractivity (Wildman–Crippen MR) is 127 cm³/mol. The number of hydrogen-bond donors (Lipinski definition) is 2. The third kappa shape index (κ3) is 5.10. The molecular weight excluding hydrogens is 428 g/mol. The van der Waals surface area contributed by atoms with E-state index in [2.05, 4.69) is 20.1 Å². The molecule has 0 bridgehead atoms. The number of carbonyl (C=O) groups is 1. The quantitative estimate of drug-likeness (QED) is 0.689. The number of hydrogen-bond acceptors (Lipinski definition) is 6. The van der Waals surface area contributed by atoms with Gasteiger partial charge in [-0.1, -0.05) is 23.7 Å².